The van der Waals surface area contributed by atoms with Crippen LogP contribution in [0.3, 0.4) is 0 Å². The van der Waals surface area contributed by atoms with Gasteiger partial charge in [0, 0.05) is 0 Å². The second kappa shape index (κ2) is 3.32. The quantitative estimate of drug-likeness (QED) is 0.639. The van der Waals surface area contributed by atoms with Gasteiger partial charge in [-0.3, -0.25) is 0 Å². The Bertz CT molecular complexity index is 104. The lowest BCUT2D eigenvalue weighted by atomic mass is 10.3. The van der Waals surface area contributed by atoms with E-state index in [0.717, 1.165) is 0 Å². The molecule has 2 nitrogen and oxygen atoms in total. The van der Waals surface area contributed by atoms with E-state index in [2.05, 4.69) is 0 Å². The van der Waals surface area contributed by atoms with Gasteiger partial charge in [-0.2, -0.15) is 0 Å². The molecule has 0 aromatic heterocycles. The minimum absolute atomic E-state index is 1.23. The highest BCUT2D eigenvalue weighted by Crippen LogP contribution is 2.06. The summed E-state index contributed by atoms with van der Waals surface area (Å²) in [5.41, 5.74) is 0. The number of carbonyl (C=O) groups is 1. The Kier molecular flexibility index (Phi) is 3.05. The molecule has 0 radical (unpaired) electrons. The minimum atomic E-state index is -2.89. The highest BCUT2D eigenvalue weighted by Gasteiger charge is 2.20. The van der Waals surface area contributed by atoms with Gasteiger partial charge in [0.1, 0.15) is 0 Å². The van der Waals surface area contributed by atoms with Gasteiger partial charge >= 0.3 is 5.97 Å². The fraction of sp³-hybridized carbons (Fsp3) is 0.750. The fourth-order valence-electron chi connectivity index (χ4n) is 0.257. The molecule has 0 fully saturated rings. The standard InChI is InChI=1S/C4H5F3O2/c5-2(4(8)9)1-3(6)7/h2-3H,1H2,(H,8,9)/t2-/m1/s1. The van der Waals surface area contributed by atoms with Gasteiger partial charge in [-0.1, -0.05) is 0 Å². The predicted octanol–water partition coefficient (Wildman–Crippen LogP) is 1.06. The summed E-state index contributed by atoms with van der Waals surface area (Å²) in [6.45, 7) is 0. The van der Waals surface area contributed by atoms with Crippen LogP contribution in [-0.4, -0.2) is 23.7 Å². The van der Waals surface area contributed by atoms with Crippen molar-refractivity contribution in [1.82, 2.24) is 0 Å². The first-order chi connectivity index (χ1) is 4.04. The van der Waals surface area contributed by atoms with E-state index in [-0.39, 0.29) is 0 Å². The molecule has 1 atom stereocenters. The van der Waals surface area contributed by atoms with E-state index in [1.54, 1.807) is 0 Å². The van der Waals surface area contributed by atoms with Gasteiger partial charge in [0.15, 0.2) is 0 Å². The second-order valence-corrected chi connectivity index (χ2v) is 1.43. The third-order valence-electron chi connectivity index (χ3n) is 0.653. The molecule has 0 saturated carbocycles. The van der Waals surface area contributed by atoms with Gasteiger partial charge in [-0.15, -0.1) is 0 Å². The van der Waals surface area contributed by atoms with Crippen LogP contribution in [0.25, 0.3) is 0 Å². The molecule has 0 aliphatic heterocycles. The number of aliphatic carboxylic acids is 1. The van der Waals surface area contributed by atoms with Crippen molar-refractivity contribution in [3.05, 3.63) is 0 Å². The smallest absolute Gasteiger partial charge is 0.338 e. The van der Waals surface area contributed by atoms with Crippen LogP contribution in [0.5, 0.6) is 0 Å². The molecule has 0 aliphatic rings. The molecule has 0 spiro atoms. The van der Waals surface area contributed by atoms with E-state index < -0.39 is 25.0 Å². The lowest BCUT2D eigenvalue weighted by Gasteiger charge is -1.98. The third-order valence-corrected chi connectivity index (χ3v) is 0.653. The van der Waals surface area contributed by atoms with E-state index in [9.17, 15) is 18.0 Å². The molecule has 54 valence electrons. The second-order valence-electron chi connectivity index (χ2n) is 1.43. The van der Waals surface area contributed by atoms with Crippen LogP contribution in [0.15, 0.2) is 0 Å². The summed E-state index contributed by atoms with van der Waals surface area (Å²) < 4.78 is 34.0. The molecule has 0 saturated heterocycles. The first-order valence-electron chi connectivity index (χ1n) is 2.19. The van der Waals surface area contributed by atoms with Crippen molar-refractivity contribution in [2.45, 2.75) is 19.0 Å². The zero-order valence-corrected chi connectivity index (χ0v) is 4.35. The average Bonchev–Trinajstić information content (AvgIpc) is 1.63. The predicted molar refractivity (Wildman–Crippen MR) is 23.2 cm³/mol. The molecule has 0 unspecified atom stereocenters. The zero-order valence-electron chi connectivity index (χ0n) is 4.35. The van der Waals surface area contributed by atoms with Crippen molar-refractivity contribution >= 4 is 5.97 Å². The highest BCUT2D eigenvalue weighted by molar-refractivity contribution is 5.71. The van der Waals surface area contributed by atoms with Gasteiger partial charge in [-0.05, 0) is 0 Å². The minimum Gasteiger partial charge on any atom is -0.479 e. The number of hydrogen-bond acceptors (Lipinski definition) is 1. The molecule has 5 heteroatoms. The normalized spacial score (nSPS) is 13.8. The van der Waals surface area contributed by atoms with E-state index in [4.69, 9.17) is 5.11 Å². The Labute approximate surface area is 49.3 Å². The van der Waals surface area contributed by atoms with Crippen LogP contribution in [0.1, 0.15) is 6.42 Å². The molecule has 9 heavy (non-hydrogen) atoms. The number of alkyl halides is 3. The molecule has 0 amide bonds. The molecule has 0 aromatic carbocycles. The summed E-state index contributed by atoms with van der Waals surface area (Å²) >= 11 is 0. The Balaban J connectivity index is 3.50. The first kappa shape index (κ1) is 8.26. The molecule has 0 aromatic rings. The molecule has 0 heterocycles. The van der Waals surface area contributed by atoms with E-state index in [0.29, 0.717) is 0 Å². The van der Waals surface area contributed by atoms with Crippen LogP contribution in [0.2, 0.25) is 0 Å². The van der Waals surface area contributed by atoms with Gasteiger partial charge in [0.2, 0.25) is 12.6 Å². The topological polar surface area (TPSA) is 37.3 Å². The van der Waals surface area contributed by atoms with Crippen LogP contribution in [0, 0.1) is 0 Å². The van der Waals surface area contributed by atoms with Crippen LogP contribution < -0.4 is 0 Å². The summed E-state index contributed by atoms with van der Waals surface area (Å²) in [7, 11) is 0. The summed E-state index contributed by atoms with van der Waals surface area (Å²) in [5.74, 6) is -1.84. The van der Waals surface area contributed by atoms with Crippen molar-refractivity contribution in [2.24, 2.45) is 0 Å². The van der Waals surface area contributed by atoms with Crippen molar-refractivity contribution in [3.63, 3.8) is 0 Å². The van der Waals surface area contributed by atoms with Crippen LogP contribution >= 0.6 is 0 Å². The lowest BCUT2D eigenvalue weighted by Crippen LogP contribution is -2.17. The van der Waals surface area contributed by atoms with Gasteiger partial charge in [-0.25, -0.2) is 18.0 Å². The first-order valence-corrected chi connectivity index (χ1v) is 2.19. The third kappa shape index (κ3) is 3.81. The molecule has 0 aliphatic carbocycles. The van der Waals surface area contributed by atoms with E-state index in [1.165, 1.54) is 0 Å². The average molecular weight is 142 g/mol. The molecule has 0 rings (SSSR count). The maximum atomic E-state index is 11.7. The van der Waals surface area contributed by atoms with Gasteiger partial charge in [0.05, 0.1) is 6.42 Å². The molecule has 1 N–H and O–H groups in total. The van der Waals surface area contributed by atoms with Gasteiger partial charge in [0.25, 0.3) is 0 Å². The Morgan fingerprint density at radius 3 is 2.00 bits per heavy atom. The number of rotatable bonds is 3. The summed E-state index contributed by atoms with van der Waals surface area (Å²) in [5, 5.41) is 7.72. The van der Waals surface area contributed by atoms with Crippen LogP contribution in [0.4, 0.5) is 13.2 Å². The van der Waals surface area contributed by atoms with Crippen molar-refractivity contribution in [2.75, 3.05) is 0 Å². The Morgan fingerprint density at radius 2 is 1.89 bits per heavy atom. The summed E-state index contributed by atoms with van der Waals surface area (Å²) in [6.07, 6.45) is -6.56. The number of halogens is 3. The number of carboxylic acids is 1. The van der Waals surface area contributed by atoms with E-state index >= 15 is 0 Å². The largest absolute Gasteiger partial charge is 0.479 e. The fourth-order valence-corrected chi connectivity index (χ4v) is 0.257. The van der Waals surface area contributed by atoms with Crippen LogP contribution in [-0.2, 0) is 4.79 Å². The maximum Gasteiger partial charge on any atom is 0.338 e. The SMILES string of the molecule is O=C(O)[C@H](F)CC(F)F. The number of hydrogen-bond donors (Lipinski definition) is 1. The Morgan fingerprint density at radius 1 is 1.44 bits per heavy atom. The number of carboxylic acid groups (broad SMARTS) is 1. The van der Waals surface area contributed by atoms with Gasteiger partial charge < -0.3 is 5.11 Å². The molecular weight excluding hydrogens is 137 g/mol. The monoisotopic (exact) mass is 142 g/mol. The lowest BCUT2D eigenvalue weighted by molar-refractivity contribution is -0.144. The Hall–Kier alpha value is -0.740. The van der Waals surface area contributed by atoms with Crippen molar-refractivity contribution < 1.29 is 23.1 Å². The highest BCUT2D eigenvalue weighted by atomic mass is 19.3. The summed E-state index contributed by atoms with van der Waals surface area (Å²) in [4.78, 5) is 9.53. The summed E-state index contributed by atoms with van der Waals surface area (Å²) in [6, 6.07) is 0. The van der Waals surface area contributed by atoms with Crippen molar-refractivity contribution in [1.29, 1.82) is 0 Å². The van der Waals surface area contributed by atoms with E-state index in [1.807, 2.05) is 0 Å². The molecular formula is C4H5F3O2. The zero-order chi connectivity index (χ0) is 7.44. The van der Waals surface area contributed by atoms with Crippen molar-refractivity contribution in [3.8, 4) is 0 Å². The molecule has 0 bridgehead atoms. The maximum absolute atomic E-state index is 11.7.